The van der Waals surface area contributed by atoms with Gasteiger partial charge in [-0.3, -0.25) is 0 Å². The van der Waals surface area contributed by atoms with Crippen LogP contribution in [0.25, 0.3) is 0 Å². The molecule has 0 aliphatic heterocycles. The molecule has 0 aromatic heterocycles. The molecular formula is C15H14BrF2NO2. The Bertz CT molecular complexity index is 650. The summed E-state index contributed by atoms with van der Waals surface area (Å²) in [6, 6.07) is 6.92. The zero-order valence-corrected chi connectivity index (χ0v) is 12.9. The highest BCUT2D eigenvalue weighted by Gasteiger charge is 2.09. The van der Waals surface area contributed by atoms with Crippen LogP contribution in [-0.2, 0) is 13.1 Å². The summed E-state index contributed by atoms with van der Waals surface area (Å²) in [5.41, 5.74) is 1.25. The van der Waals surface area contributed by atoms with Gasteiger partial charge in [-0.25, -0.2) is 8.78 Å². The second kappa shape index (κ2) is 6.87. The summed E-state index contributed by atoms with van der Waals surface area (Å²) in [5.74, 6) is -0.782. The van der Waals surface area contributed by atoms with E-state index < -0.39 is 11.6 Å². The van der Waals surface area contributed by atoms with Gasteiger partial charge in [0, 0.05) is 24.7 Å². The van der Waals surface area contributed by atoms with Crippen molar-refractivity contribution in [2.45, 2.75) is 13.1 Å². The predicted molar refractivity (Wildman–Crippen MR) is 79.3 cm³/mol. The van der Waals surface area contributed by atoms with E-state index in [9.17, 15) is 13.9 Å². The maximum Gasteiger partial charge on any atom is 0.172 e. The average Bonchev–Trinajstić information content (AvgIpc) is 2.44. The van der Waals surface area contributed by atoms with Crippen molar-refractivity contribution in [1.29, 1.82) is 0 Å². The van der Waals surface area contributed by atoms with Gasteiger partial charge in [-0.2, -0.15) is 0 Å². The third-order valence-corrected chi connectivity index (χ3v) is 3.57. The van der Waals surface area contributed by atoms with Gasteiger partial charge in [0.05, 0.1) is 11.6 Å². The first kappa shape index (κ1) is 15.7. The zero-order valence-electron chi connectivity index (χ0n) is 11.3. The van der Waals surface area contributed by atoms with E-state index in [1.54, 1.807) is 12.1 Å². The number of halogens is 3. The van der Waals surface area contributed by atoms with Crippen molar-refractivity contribution < 1.29 is 18.6 Å². The lowest BCUT2D eigenvalue weighted by Crippen LogP contribution is -2.14. The van der Waals surface area contributed by atoms with Crippen molar-refractivity contribution in [2.75, 3.05) is 7.11 Å². The molecule has 0 saturated heterocycles. The molecule has 0 atom stereocenters. The molecular weight excluding hydrogens is 344 g/mol. The van der Waals surface area contributed by atoms with Gasteiger partial charge >= 0.3 is 0 Å². The van der Waals surface area contributed by atoms with Gasteiger partial charge in [0.15, 0.2) is 11.5 Å². The Kier molecular flexibility index (Phi) is 5.14. The molecule has 21 heavy (non-hydrogen) atoms. The summed E-state index contributed by atoms with van der Waals surface area (Å²) in [4.78, 5) is 0. The molecule has 6 heteroatoms. The van der Waals surface area contributed by atoms with Gasteiger partial charge in [-0.05, 0) is 39.7 Å². The second-order valence-electron chi connectivity index (χ2n) is 4.47. The fourth-order valence-electron chi connectivity index (χ4n) is 1.89. The first-order chi connectivity index (χ1) is 10.0. The third kappa shape index (κ3) is 3.92. The summed E-state index contributed by atoms with van der Waals surface area (Å²) in [6.45, 7) is 0.721. The number of benzene rings is 2. The lowest BCUT2D eigenvalue weighted by Gasteiger charge is -2.10. The van der Waals surface area contributed by atoms with Gasteiger partial charge in [0.2, 0.25) is 0 Å². The van der Waals surface area contributed by atoms with Crippen LogP contribution in [0.3, 0.4) is 0 Å². The highest BCUT2D eigenvalue weighted by molar-refractivity contribution is 9.10. The van der Waals surface area contributed by atoms with Crippen molar-refractivity contribution in [3.8, 4) is 11.5 Å². The fourth-order valence-corrected chi connectivity index (χ4v) is 2.38. The molecule has 2 aromatic carbocycles. The Balaban J connectivity index is 2.02. The van der Waals surface area contributed by atoms with Crippen LogP contribution >= 0.6 is 15.9 Å². The molecule has 0 fully saturated rings. The Morgan fingerprint density at radius 1 is 1.19 bits per heavy atom. The minimum absolute atomic E-state index is 0.0332. The van der Waals surface area contributed by atoms with Crippen molar-refractivity contribution in [1.82, 2.24) is 5.32 Å². The Morgan fingerprint density at radius 2 is 1.95 bits per heavy atom. The number of phenols is 1. The summed E-state index contributed by atoms with van der Waals surface area (Å²) >= 11 is 3.23. The van der Waals surface area contributed by atoms with E-state index in [1.807, 2.05) is 0 Å². The van der Waals surface area contributed by atoms with Crippen LogP contribution in [0.1, 0.15) is 11.1 Å². The normalized spacial score (nSPS) is 10.7. The number of aromatic hydroxyl groups is 1. The number of ether oxygens (including phenoxy) is 1. The Hall–Kier alpha value is -1.66. The molecule has 0 radical (unpaired) electrons. The van der Waals surface area contributed by atoms with Gasteiger partial charge in [0.1, 0.15) is 11.6 Å². The monoisotopic (exact) mass is 357 g/mol. The van der Waals surface area contributed by atoms with Crippen LogP contribution in [0.5, 0.6) is 11.5 Å². The van der Waals surface area contributed by atoms with Crippen molar-refractivity contribution in [3.63, 3.8) is 0 Å². The minimum Gasteiger partial charge on any atom is -0.503 e. The van der Waals surface area contributed by atoms with Crippen LogP contribution in [-0.4, -0.2) is 12.2 Å². The Morgan fingerprint density at radius 3 is 2.62 bits per heavy atom. The van der Waals surface area contributed by atoms with Gasteiger partial charge < -0.3 is 15.2 Å². The quantitative estimate of drug-likeness (QED) is 0.856. The third-order valence-electron chi connectivity index (χ3n) is 2.97. The summed E-state index contributed by atoms with van der Waals surface area (Å²) in [7, 11) is 1.46. The topological polar surface area (TPSA) is 41.5 Å². The zero-order chi connectivity index (χ0) is 15.4. The first-order valence-corrected chi connectivity index (χ1v) is 7.00. The van der Waals surface area contributed by atoms with E-state index in [-0.39, 0.29) is 12.3 Å². The molecule has 0 amide bonds. The number of rotatable bonds is 5. The van der Waals surface area contributed by atoms with E-state index in [0.717, 1.165) is 11.6 Å². The predicted octanol–water partition coefficient (Wildman–Crippen LogP) is 3.73. The molecule has 2 rings (SSSR count). The molecule has 0 aliphatic rings. The number of phenolic OH excluding ortho intramolecular Hbond substituents is 1. The highest BCUT2D eigenvalue weighted by Crippen LogP contribution is 2.35. The molecule has 112 valence electrons. The number of methoxy groups -OCH3 is 1. The van der Waals surface area contributed by atoms with E-state index in [0.29, 0.717) is 22.3 Å². The van der Waals surface area contributed by atoms with E-state index in [1.165, 1.54) is 19.2 Å². The summed E-state index contributed by atoms with van der Waals surface area (Å²) in [6.07, 6.45) is 0. The van der Waals surface area contributed by atoms with Crippen molar-refractivity contribution >= 4 is 15.9 Å². The second-order valence-corrected chi connectivity index (χ2v) is 5.32. The highest BCUT2D eigenvalue weighted by atomic mass is 79.9. The van der Waals surface area contributed by atoms with Crippen LogP contribution in [0, 0.1) is 11.6 Å². The number of hydrogen-bond acceptors (Lipinski definition) is 3. The molecule has 0 saturated carbocycles. The summed E-state index contributed by atoms with van der Waals surface area (Å²) in [5, 5.41) is 12.8. The van der Waals surface area contributed by atoms with Crippen LogP contribution in [0.15, 0.2) is 34.8 Å². The van der Waals surface area contributed by atoms with E-state index in [2.05, 4.69) is 21.2 Å². The number of nitrogens with one attached hydrogen (secondary N) is 1. The SMILES string of the molecule is COc1cc(CNCc2ccc(F)cc2F)cc(Br)c1O. The van der Waals surface area contributed by atoms with Crippen LogP contribution in [0.2, 0.25) is 0 Å². The lowest BCUT2D eigenvalue weighted by atomic mass is 10.1. The molecule has 2 N–H and O–H groups in total. The van der Waals surface area contributed by atoms with E-state index >= 15 is 0 Å². The maximum atomic E-state index is 13.5. The average molecular weight is 358 g/mol. The molecule has 0 spiro atoms. The molecule has 0 unspecified atom stereocenters. The van der Waals surface area contributed by atoms with Gasteiger partial charge in [-0.1, -0.05) is 6.07 Å². The largest absolute Gasteiger partial charge is 0.503 e. The van der Waals surface area contributed by atoms with Gasteiger partial charge in [0.25, 0.3) is 0 Å². The van der Waals surface area contributed by atoms with Crippen LogP contribution in [0.4, 0.5) is 8.78 Å². The number of hydrogen-bond donors (Lipinski definition) is 2. The maximum absolute atomic E-state index is 13.5. The lowest BCUT2D eigenvalue weighted by molar-refractivity contribution is 0.371. The van der Waals surface area contributed by atoms with Crippen molar-refractivity contribution in [2.24, 2.45) is 0 Å². The smallest absolute Gasteiger partial charge is 0.172 e. The minimum atomic E-state index is -0.594. The first-order valence-electron chi connectivity index (χ1n) is 6.21. The van der Waals surface area contributed by atoms with Crippen LogP contribution < -0.4 is 10.1 Å². The molecule has 2 aromatic rings. The van der Waals surface area contributed by atoms with E-state index in [4.69, 9.17) is 4.74 Å². The van der Waals surface area contributed by atoms with Gasteiger partial charge in [-0.15, -0.1) is 0 Å². The molecule has 0 aliphatic carbocycles. The molecule has 0 heterocycles. The fraction of sp³-hybridized carbons (Fsp3) is 0.200. The standard InChI is InChI=1S/C15H14BrF2NO2/c1-21-14-5-9(4-12(16)15(14)20)7-19-8-10-2-3-11(17)6-13(10)18/h2-6,19-20H,7-8H2,1H3. The summed E-state index contributed by atoms with van der Waals surface area (Å²) < 4.78 is 31.8. The molecule has 3 nitrogen and oxygen atoms in total. The Labute approximate surface area is 129 Å². The molecule has 0 bridgehead atoms. The van der Waals surface area contributed by atoms with Crippen molar-refractivity contribution in [3.05, 3.63) is 57.6 Å².